The SMILES string of the molecule is Cc1ccc(C)c(OCCC(=O)NNC(=O)Cn2nc(C)cc2C)c1. The number of nitrogens with zero attached hydrogens (tertiary/aromatic N) is 2. The summed E-state index contributed by atoms with van der Waals surface area (Å²) in [5.41, 5.74) is 8.61. The molecule has 2 amide bonds. The Labute approximate surface area is 147 Å². The number of amides is 2. The molecule has 1 aromatic heterocycles. The van der Waals surface area contributed by atoms with E-state index in [4.69, 9.17) is 4.74 Å². The summed E-state index contributed by atoms with van der Waals surface area (Å²) in [6, 6.07) is 7.80. The molecule has 0 spiro atoms. The smallest absolute Gasteiger partial charge is 0.260 e. The summed E-state index contributed by atoms with van der Waals surface area (Å²) < 4.78 is 7.21. The van der Waals surface area contributed by atoms with Crippen molar-refractivity contribution in [2.45, 2.75) is 40.7 Å². The average molecular weight is 344 g/mol. The van der Waals surface area contributed by atoms with Crippen molar-refractivity contribution >= 4 is 11.8 Å². The lowest BCUT2D eigenvalue weighted by Crippen LogP contribution is -2.43. The molecule has 0 radical (unpaired) electrons. The zero-order chi connectivity index (χ0) is 18.4. The van der Waals surface area contributed by atoms with E-state index in [1.807, 2.05) is 52.0 Å². The number of carbonyl (C=O) groups is 2. The quantitative estimate of drug-likeness (QED) is 0.782. The van der Waals surface area contributed by atoms with Gasteiger partial charge in [0.25, 0.3) is 5.91 Å². The molecule has 0 aliphatic rings. The van der Waals surface area contributed by atoms with Crippen molar-refractivity contribution in [3.8, 4) is 5.75 Å². The van der Waals surface area contributed by atoms with Gasteiger partial charge in [-0.1, -0.05) is 12.1 Å². The molecule has 0 aliphatic heterocycles. The Morgan fingerprint density at radius 1 is 1.08 bits per heavy atom. The lowest BCUT2D eigenvalue weighted by Gasteiger charge is -2.11. The van der Waals surface area contributed by atoms with Gasteiger partial charge < -0.3 is 4.74 Å². The van der Waals surface area contributed by atoms with Gasteiger partial charge in [-0.05, 0) is 51.0 Å². The molecule has 25 heavy (non-hydrogen) atoms. The highest BCUT2D eigenvalue weighted by atomic mass is 16.5. The Morgan fingerprint density at radius 3 is 2.48 bits per heavy atom. The zero-order valence-electron chi connectivity index (χ0n) is 15.0. The van der Waals surface area contributed by atoms with Gasteiger partial charge in [0, 0.05) is 5.69 Å². The van der Waals surface area contributed by atoms with E-state index in [0.29, 0.717) is 0 Å². The topological polar surface area (TPSA) is 85.3 Å². The monoisotopic (exact) mass is 344 g/mol. The Morgan fingerprint density at radius 2 is 1.80 bits per heavy atom. The molecule has 0 unspecified atom stereocenters. The van der Waals surface area contributed by atoms with Crippen LogP contribution in [0, 0.1) is 27.7 Å². The van der Waals surface area contributed by atoms with Crippen LogP contribution in [0.1, 0.15) is 28.9 Å². The summed E-state index contributed by atoms with van der Waals surface area (Å²) in [7, 11) is 0. The number of hydrazine groups is 1. The van der Waals surface area contributed by atoms with Crippen LogP contribution in [0.15, 0.2) is 24.3 Å². The molecule has 0 atom stereocenters. The molecule has 0 saturated carbocycles. The predicted molar refractivity (Wildman–Crippen MR) is 94.0 cm³/mol. The van der Waals surface area contributed by atoms with Gasteiger partial charge >= 0.3 is 0 Å². The number of hydrogen-bond acceptors (Lipinski definition) is 4. The highest BCUT2D eigenvalue weighted by molar-refractivity contribution is 5.81. The van der Waals surface area contributed by atoms with Crippen LogP contribution < -0.4 is 15.6 Å². The highest BCUT2D eigenvalue weighted by Crippen LogP contribution is 2.19. The third kappa shape index (κ3) is 5.63. The molecule has 0 fully saturated rings. The fraction of sp³-hybridized carbons (Fsp3) is 0.389. The number of hydrogen-bond donors (Lipinski definition) is 2. The van der Waals surface area contributed by atoms with E-state index < -0.39 is 0 Å². The minimum Gasteiger partial charge on any atom is -0.493 e. The van der Waals surface area contributed by atoms with E-state index in [2.05, 4.69) is 16.0 Å². The van der Waals surface area contributed by atoms with Crippen molar-refractivity contribution < 1.29 is 14.3 Å². The zero-order valence-corrected chi connectivity index (χ0v) is 15.0. The molecule has 2 aromatic rings. The first kappa shape index (κ1) is 18.5. The number of benzene rings is 1. The molecular formula is C18H24N4O3. The van der Waals surface area contributed by atoms with E-state index in [-0.39, 0.29) is 31.4 Å². The Balaban J connectivity index is 1.70. The van der Waals surface area contributed by atoms with Gasteiger partial charge in [0.2, 0.25) is 5.91 Å². The average Bonchev–Trinajstić information content (AvgIpc) is 2.86. The van der Waals surface area contributed by atoms with Crippen LogP contribution in [0.4, 0.5) is 0 Å². The Hall–Kier alpha value is -2.83. The molecule has 7 nitrogen and oxygen atoms in total. The van der Waals surface area contributed by atoms with Crippen molar-refractivity contribution in [1.29, 1.82) is 0 Å². The van der Waals surface area contributed by atoms with Crippen LogP contribution in [0.25, 0.3) is 0 Å². The van der Waals surface area contributed by atoms with Crippen LogP contribution in [0.3, 0.4) is 0 Å². The third-order valence-electron chi connectivity index (χ3n) is 3.67. The third-order valence-corrected chi connectivity index (χ3v) is 3.67. The first-order valence-electron chi connectivity index (χ1n) is 8.14. The minimum absolute atomic E-state index is 0.0545. The predicted octanol–water partition coefficient (Wildman–Crippen LogP) is 1.73. The van der Waals surface area contributed by atoms with Gasteiger partial charge in [0.05, 0.1) is 18.7 Å². The summed E-state index contributed by atoms with van der Waals surface area (Å²) in [4.78, 5) is 23.6. The second-order valence-corrected chi connectivity index (χ2v) is 6.05. The molecule has 2 N–H and O–H groups in total. The molecule has 0 bridgehead atoms. The van der Waals surface area contributed by atoms with Crippen LogP contribution in [-0.4, -0.2) is 28.2 Å². The molecule has 0 aliphatic carbocycles. The van der Waals surface area contributed by atoms with E-state index in [1.165, 1.54) is 0 Å². The van der Waals surface area contributed by atoms with Gasteiger partial charge in [0.1, 0.15) is 12.3 Å². The summed E-state index contributed by atoms with van der Waals surface area (Å²) in [6.07, 6.45) is 0.146. The number of carbonyl (C=O) groups excluding carboxylic acids is 2. The van der Waals surface area contributed by atoms with E-state index in [9.17, 15) is 9.59 Å². The molecular weight excluding hydrogens is 320 g/mol. The standard InChI is InChI=1S/C18H24N4O3/c1-12-5-6-13(2)16(9-12)25-8-7-17(23)19-20-18(24)11-22-15(4)10-14(3)21-22/h5-6,9-10H,7-8,11H2,1-4H3,(H,19,23)(H,20,24). The number of aromatic nitrogens is 2. The van der Waals surface area contributed by atoms with Gasteiger partial charge in [-0.25, -0.2) is 0 Å². The minimum atomic E-state index is -0.338. The summed E-state index contributed by atoms with van der Waals surface area (Å²) >= 11 is 0. The Kier molecular flexibility index (Phi) is 6.16. The molecule has 7 heteroatoms. The number of aryl methyl sites for hydroxylation is 4. The van der Waals surface area contributed by atoms with Gasteiger partial charge in [-0.2, -0.15) is 5.10 Å². The molecule has 1 heterocycles. The van der Waals surface area contributed by atoms with E-state index >= 15 is 0 Å². The molecule has 2 rings (SSSR count). The van der Waals surface area contributed by atoms with Crippen LogP contribution >= 0.6 is 0 Å². The number of ether oxygens (including phenoxy) is 1. The van der Waals surface area contributed by atoms with Crippen molar-refractivity contribution in [2.75, 3.05) is 6.61 Å². The van der Waals surface area contributed by atoms with Gasteiger partial charge in [0.15, 0.2) is 0 Å². The molecule has 134 valence electrons. The lowest BCUT2D eigenvalue weighted by atomic mass is 10.1. The highest BCUT2D eigenvalue weighted by Gasteiger charge is 2.09. The van der Waals surface area contributed by atoms with Crippen LogP contribution in [0.2, 0.25) is 0 Å². The van der Waals surface area contributed by atoms with Gasteiger partial charge in [-0.15, -0.1) is 0 Å². The first-order valence-corrected chi connectivity index (χ1v) is 8.14. The van der Waals surface area contributed by atoms with Crippen molar-refractivity contribution in [3.63, 3.8) is 0 Å². The molecule has 0 saturated heterocycles. The lowest BCUT2D eigenvalue weighted by molar-refractivity contribution is -0.129. The molecule has 1 aromatic carbocycles. The number of nitrogens with one attached hydrogen (secondary N) is 2. The second kappa shape index (κ2) is 8.32. The van der Waals surface area contributed by atoms with Crippen molar-refractivity contribution in [1.82, 2.24) is 20.6 Å². The summed E-state index contributed by atoms with van der Waals surface area (Å²) in [6.45, 7) is 7.96. The first-order chi connectivity index (χ1) is 11.8. The summed E-state index contributed by atoms with van der Waals surface area (Å²) in [5.74, 6) is 0.114. The second-order valence-electron chi connectivity index (χ2n) is 6.05. The summed E-state index contributed by atoms with van der Waals surface area (Å²) in [5, 5.41) is 4.20. The van der Waals surface area contributed by atoms with Crippen LogP contribution in [-0.2, 0) is 16.1 Å². The van der Waals surface area contributed by atoms with Crippen molar-refractivity contribution in [3.05, 3.63) is 46.8 Å². The fourth-order valence-corrected chi connectivity index (χ4v) is 2.33. The van der Waals surface area contributed by atoms with E-state index in [0.717, 1.165) is 28.3 Å². The Bertz CT molecular complexity index is 768. The van der Waals surface area contributed by atoms with Gasteiger partial charge in [-0.3, -0.25) is 25.1 Å². The largest absolute Gasteiger partial charge is 0.493 e. The van der Waals surface area contributed by atoms with Crippen molar-refractivity contribution in [2.24, 2.45) is 0 Å². The maximum absolute atomic E-state index is 11.8. The number of rotatable bonds is 6. The van der Waals surface area contributed by atoms with Crippen LogP contribution in [0.5, 0.6) is 5.75 Å². The maximum Gasteiger partial charge on any atom is 0.260 e. The van der Waals surface area contributed by atoms with E-state index in [1.54, 1.807) is 4.68 Å². The maximum atomic E-state index is 11.8. The fourth-order valence-electron chi connectivity index (χ4n) is 2.33. The normalized spacial score (nSPS) is 10.4.